The first-order chi connectivity index (χ1) is 14.2. The molecule has 2 nitrogen and oxygen atoms in total. The molecule has 0 fully saturated rings. The highest BCUT2D eigenvalue weighted by Crippen LogP contribution is 2.35. The van der Waals surface area contributed by atoms with E-state index in [-0.39, 0.29) is 0 Å². The molecule has 1 aliphatic rings. The van der Waals surface area contributed by atoms with Crippen molar-refractivity contribution in [1.82, 2.24) is 9.97 Å². The van der Waals surface area contributed by atoms with Crippen LogP contribution in [0.15, 0.2) is 85.0 Å². The van der Waals surface area contributed by atoms with Crippen LogP contribution in [0, 0.1) is 13.8 Å². The van der Waals surface area contributed by atoms with Gasteiger partial charge in [-0.3, -0.25) is 9.97 Å². The lowest BCUT2D eigenvalue weighted by atomic mass is 9.95. The van der Waals surface area contributed by atoms with Crippen molar-refractivity contribution < 1.29 is 0 Å². The second-order valence-corrected chi connectivity index (χ2v) is 7.53. The predicted octanol–water partition coefficient (Wildman–Crippen LogP) is 6.97. The van der Waals surface area contributed by atoms with Crippen molar-refractivity contribution in [3.05, 3.63) is 102 Å². The number of aromatic nitrogens is 2. The fourth-order valence-corrected chi connectivity index (χ4v) is 4.11. The number of rotatable bonds is 2. The molecule has 2 aromatic carbocycles. The van der Waals surface area contributed by atoms with E-state index in [1.54, 1.807) is 0 Å². The molecule has 0 bridgehead atoms. The van der Waals surface area contributed by atoms with E-state index in [9.17, 15) is 0 Å². The summed E-state index contributed by atoms with van der Waals surface area (Å²) in [5.41, 5.74) is 8.84. The van der Waals surface area contributed by atoms with Crippen molar-refractivity contribution in [3.63, 3.8) is 0 Å². The number of pyridine rings is 2. The van der Waals surface area contributed by atoms with Gasteiger partial charge in [0.05, 0.1) is 11.0 Å². The zero-order valence-electron chi connectivity index (χ0n) is 16.7. The third-order valence-electron chi connectivity index (χ3n) is 5.41. The summed E-state index contributed by atoms with van der Waals surface area (Å²) in [5.74, 6) is 0. The van der Waals surface area contributed by atoms with Gasteiger partial charge in [-0.1, -0.05) is 72.8 Å². The van der Waals surface area contributed by atoms with Crippen molar-refractivity contribution >= 4 is 27.4 Å². The molecular weight excluding hydrogens is 352 g/mol. The summed E-state index contributed by atoms with van der Waals surface area (Å²) in [4.78, 5) is 9.85. The van der Waals surface area contributed by atoms with Crippen molar-refractivity contribution in [1.29, 1.82) is 0 Å². The third-order valence-corrected chi connectivity index (χ3v) is 5.41. The van der Waals surface area contributed by atoms with Crippen LogP contribution in [0.25, 0.3) is 38.5 Å². The summed E-state index contributed by atoms with van der Waals surface area (Å²) in [6.07, 6.45) is 11.8. The van der Waals surface area contributed by atoms with Crippen LogP contribution in [0.1, 0.15) is 23.4 Å². The Kier molecular flexibility index (Phi) is 4.33. The lowest BCUT2D eigenvalue weighted by Gasteiger charge is -2.14. The van der Waals surface area contributed by atoms with E-state index >= 15 is 0 Å². The minimum absolute atomic E-state index is 0.939. The van der Waals surface area contributed by atoms with Crippen molar-refractivity contribution in [3.8, 4) is 11.1 Å². The average Bonchev–Trinajstić information content (AvgIpc) is 3.03. The van der Waals surface area contributed by atoms with E-state index in [2.05, 4.69) is 98.8 Å². The Morgan fingerprint density at radius 3 is 2.10 bits per heavy atom. The number of fused-ring (bicyclic) bond motifs is 3. The van der Waals surface area contributed by atoms with E-state index in [0.29, 0.717) is 0 Å². The Hall–Kier alpha value is -3.52. The summed E-state index contributed by atoms with van der Waals surface area (Å²) in [5, 5.41) is 2.29. The van der Waals surface area contributed by atoms with Gasteiger partial charge in [0.1, 0.15) is 0 Å². The normalized spacial score (nSPS) is 13.7. The van der Waals surface area contributed by atoms with Gasteiger partial charge in [-0.2, -0.15) is 0 Å². The quantitative estimate of drug-likeness (QED) is 0.354. The predicted molar refractivity (Wildman–Crippen MR) is 123 cm³/mol. The number of aryl methyl sites for hydroxylation is 2. The number of benzene rings is 2. The van der Waals surface area contributed by atoms with Gasteiger partial charge in [0, 0.05) is 22.2 Å². The summed E-state index contributed by atoms with van der Waals surface area (Å²) < 4.78 is 0. The molecule has 0 spiro atoms. The van der Waals surface area contributed by atoms with Crippen LogP contribution in [0.4, 0.5) is 0 Å². The van der Waals surface area contributed by atoms with E-state index in [1.807, 2.05) is 0 Å². The van der Waals surface area contributed by atoms with Crippen LogP contribution in [-0.2, 0) is 0 Å². The highest BCUT2D eigenvalue weighted by Gasteiger charge is 2.14. The van der Waals surface area contributed by atoms with Crippen molar-refractivity contribution in [2.75, 3.05) is 0 Å². The smallest absolute Gasteiger partial charge is 0.0974 e. The number of hydrogen-bond acceptors (Lipinski definition) is 2. The van der Waals surface area contributed by atoms with E-state index in [4.69, 9.17) is 9.97 Å². The van der Waals surface area contributed by atoms with Gasteiger partial charge in [0.15, 0.2) is 0 Å². The van der Waals surface area contributed by atoms with Gasteiger partial charge in [0.25, 0.3) is 0 Å². The number of nitrogens with zero attached hydrogens (tertiary/aromatic N) is 2. The molecule has 0 unspecified atom stereocenters. The molecule has 5 rings (SSSR count). The van der Waals surface area contributed by atoms with Crippen LogP contribution in [0.2, 0.25) is 0 Å². The first kappa shape index (κ1) is 17.6. The van der Waals surface area contributed by atoms with Gasteiger partial charge in [-0.15, -0.1) is 0 Å². The molecule has 2 heterocycles. The van der Waals surface area contributed by atoms with Gasteiger partial charge in [0.2, 0.25) is 0 Å². The van der Waals surface area contributed by atoms with E-state index in [0.717, 1.165) is 39.6 Å². The molecular formula is C27H22N2. The molecule has 1 aliphatic carbocycles. The van der Waals surface area contributed by atoms with Crippen LogP contribution in [-0.4, -0.2) is 9.97 Å². The van der Waals surface area contributed by atoms with Crippen LogP contribution in [0.5, 0.6) is 0 Å². The Morgan fingerprint density at radius 2 is 1.38 bits per heavy atom. The highest BCUT2D eigenvalue weighted by atomic mass is 14.8. The summed E-state index contributed by atoms with van der Waals surface area (Å²) in [7, 11) is 0. The third kappa shape index (κ3) is 3.17. The van der Waals surface area contributed by atoms with Crippen LogP contribution < -0.4 is 0 Å². The molecule has 0 atom stereocenters. The summed E-state index contributed by atoms with van der Waals surface area (Å²) in [6.45, 7) is 4.12. The monoisotopic (exact) mass is 374 g/mol. The van der Waals surface area contributed by atoms with Crippen LogP contribution in [0.3, 0.4) is 0 Å². The number of allylic oxidation sites excluding steroid dienone is 6. The minimum atomic E-state index is 0.939. The molecule has 0 amide bonds. The molecule has 0 aliphatic heterocycles. The number of hydrogen-bond donors (Lipinski definition) is 0. The lowest BCUT2D eigenvalue weighted by molar-refractivity contribution is 1.22. The first-order valence-electron chi connectivity index (χ1n) is 10.0. The molecule has 0 saturated heterocycles. The van der Waals surface area contributed by atoms with Gasteiger partial charge < -0.3 is 0 Å². The van der Waals surface area contributed by atoms with E-state index in [1.165, 1.54) is 22.3 Å². The molecule has 2 heteroatoms. The Balaban J connectivity index is 1.84. The first-order valence-corrected chi connectivity index (χ1v) is 10.0. The second kappa shape index (κ2) is 7.14. The molecule has 140 valence electrons. The second-order valence-electron chi connectivity index (χ2n) is 7.53. The molecule has 4 aromatic rings. The fourth-order valence-electron chi connectivity index (χ4n) is 4.11. The summed E-state index contributed by atoms with van der Waals surface area (Å²) in [6, 6.07) is 19.3. The molecule has 0 radical (unpaired) electrons. The zero-order chi connectivity index (χ0) is 19.8. The molecule has 29 heavy (non-hydrogen) atoms. The van der Waals surface area contributed by atoms with Crippen LogP contribution >= 0.6 is 0 Å². The Bertz CT molecular complexity index is 1330. The Labute approximate surface area is 171 Å². The maximum atomic E-state index is 4.93. The maximum absolute atomic E-state index is 4.93. The van der Waals surface area contributed by atoms with Gasteiger partial charge in [-0.05, 0) is 54.7 Å². The molecule has 0 N–H and O–H groups in total. The fraction of sp³-hybridized carbons (Fsp3) is 0.111. The topological polar surface area (TPSA) is 25.8 Å². The summed E-state index contributed by atoms with van der Waals surface area (Å²) >= 11 is 0. The minimum Gasteiger partial charge on any atom is -0.251 e. The lowest BCUT2D eigenvalue weighted by Crippen LogP contribution is -1.96. The highest BCUT2D eigenvalue weighted by molar-refractivity contribution is 6.11. The molecule has 2 aromatic heterocycles. The standard InChI is InChI=1S/C27H22N2/c1-18-16-24(20-10-6-3-4-7-11-20)22-14-15-23-25(21-12-8-5-9-13-21)17-19(2)29-27(23)26(22)28-18/h3-6,8-17H,7H2,1-2H3. The van der Waals surface area contributed by atoms with Gasteiger partial charge in [-0.25, -0.2) is 0 Å². The zero-order valence-corrected chi connectivity index (χ0v) is 16.7. The Morgan fingerprint density at radius 1 is 0.724 bits per heavy atom. The maximum Gasteiger partial charge on any atom is 0.0974 e. The molecule has 0 saturated carbocycles. The SMILES string of the molecule is Cc1cc(C2=CCC=CC=C2)c2ccc3c(-c4ccccc4)cc(C)nc3c2n1. The van der Waals surface area contributed by atoms with Crippen molar-refractivity contribution in [2.24, 2.45) is 0 Å². The average molecular weight is 374 g/mol. The van der Waals surface area contributed by atoms with Crippen molar-refractivity contribution in [2.45, 2.75) is 20.3 Å². The van der Waals surface area contributed by atoms with E-state index < -0.39 is 0 Å². The largest absolute Gasteiger partial charge is 0.251 e. The van der Waals surface area contributed by atoms with Gasteiger partial charge >= 0.3 is 0 Å².